The highest BCUT2D eigenvalue weighted by Crippen LogP contribution is 2.20. The lowest BCUT2D eigenvalue weighted by atomic mass is 10.1. The second kappa shape index (κ2) is 5.98. The van der Waals surface area contributed by atoms with Crippen LogP contribution < -0.4 is 10.1 Å². The van der Waals surface area contributed by atoms with Gasteiger partial charge in [-0.1, -0.05) is 12.1 Å². The maximum absolute atomic E-state index is 13.8. The SMILES string of the molecule is COc1cccc(CNC2CCOCC2)c1F. The molecule has 1 aliphatic heterocycles. The number of hydrogen-bond donors (Lipinski definition) is 1. The van der Waals surface area contributed by atoms with Crippen molar-refractivity contribution in [2.45, 2.75) is 25.4 Å². The summed E-state index contributed by atoms with van der Waals surface area (Å²) in [6, 6.07) is 5.65. The maximum Gasteiger partial charge on any atom is 0.169 e. The van der Waals surface area contributed by atoms with Crippen LogP contribution in [-0.2, 0) is 11.3 Å². The van der Waals surface area contributed by atoms with Crippen LogP contribution in [-0.4, -0.2) is 26.4 Å². The molecule has 1 N–H and O–H groups in total. The maximum atomic E-state index is 13.8. The fourth-order valence-corrected chi connectivity index (χ4v) is 2.01. The van der Waals surface area contributed by atoms with Gasteiger partial charge < -0.3 is 14.8 Å². The number of benzene rings is 1. The molecular weight excluding hydrogens is 221 g/mol. The summed E-state index contributed by atoms with van der Waals surface area (Å²) in [5.74, 6) is 0.0332. The van der Waals surface area contributed by atoms with Gasteiger partial charge in [0.1, 0.15) is 0 Å². The molecule has 1 aliphatic rings. The molecule has 0 unspecified atom stereocenters. The van der Waals surface area contributed by atoms with Gasteiger partial charge in [-0.2, -0.15) is 0 Å². The van der Waals surface area contributed by atoms with Gasteiger partial charge in [0, 0.05) is 31.4 Å². The fourth-order valence-electron chi connectivity index (χ4n) is 2.01. The minimum Gasteiger partial charge on any atom is -0.494 e. The molecule has 0 amide bonds. The molecule has 1 saturated heterocycles. The number of nitrogens with one attached hydrogen (secondary N) is 1. The van der Waals surface area contributed by atoms with Crippen LogP contribution in [0.5, 0.6) is 5.75 Å². The van der Waals surface area contributed by atoms with Crippen LogP contribution in [0.4, 0.5) is 4.39 Å². The molecule has 1 fully saturated rings. The molecule has 0 aromatic heterocycles. The van der Waals surface area contributed by atoms with E-state index < -0.39 is 0 Å². The van der Waals surface area contributed by atoms with E-state index in [2.05, 4.69) is 5.32 Å². The summed E-state index contributed by atoms with van der Waals surface area (Å²) in [6.07, 6.45) is 1.98. The van der Waals surface area contributed by atoms with Crippen LogP contribution in [0.1, 0.15) is 18.4 Å². The van der Waals surface area contributed by atoms with E-state index >= 15 is 0 Å². The lowest BCUT2D eigenvalue weighted by molar-refractivity contribution is 0.0775. The van der Waals surface area contributed by atoms with Gasteiger partial charge in [0.05, 0.1) is 7.11 Å². The molecular formula is C13H18FNO2. The van der Waals surface area contributed by atoms with Gasteiger partial charge in [0.15, 0.2) is 11.6 Å². The minimum absolute atomic E-state index is 0.269. The largest absolute Gasteiger partial charge is 0.494 e. The summed E-state index contributed by atoms with van der Waals surface area (Å²) in [5.41, 5.74) is 0.649. The predicted octanol–water partition coefficient (Wildman–Crippen LogP) is 2.10. The van der Waals surface area contributed by atoms with E-state index in [-0.39, 0.29) is 5.82 Å². The molecule has 0 spiro atoms. The number of halogens is 1. The Morgan fingerprint density at radius 2 is 2.18 bits per heavy atom. The molecule has 1 heterocycles. The lowest BCUT2D eigenvalue weighted by Crippen LogP contribution is -2.34. The van der Waals surface area contributed by atoms with Crippen molar-refractivity contribution in [2.24, 2.45) is 0 Å². The van der Waals surface area contributed by atoms with Gasteiger partial charge in [-0.3, -0.25) is 0 Å². The second-order valence-electron chi connectivity index (χ2n) is 4.20. The molecule has 3 nitrogen and oxygen atoms in total. The van der Waals surface area contributed by atoms with Crippen molar-refractivity contribution >= 4 is 0 Å². The fraction of sp³-hybridized carbons (Fsp3) is 0.538. The van der Waals surface area contributed by atoms with Crippen LogP contribution in [0, 0.1) is 5.82 Å². The van der Waals surface area contributed by atoms with Crippen molar-refractivity contribution < 1.29 is 13.9 Å². The summed E-state index contributed by atoms with van der Waals surface area (Å²) in [4.78, 5) is 0. The quantitative estimate of drug-likeness (QED) is 0.873. The highest BCUT2D eigenvalue weighted by molar-refractivity contribution is 5.30. The van der Waals surface area contributed by atoms with Gasteiger partial charge in [0.25, 0.3) is 0 Å². The van der Waals surface area contributed by atoms with Gasteiger partial charge in [-0.15, -0.1) is 0 Å². The van der Waals surface area contributed by atoms with Crippen LogP contribution >= 0.6 is 0 Å². The van der Waals surface area contributed by atoms with Crippen molar-refractivity contribution in [1.82, 2.24) is 5.32 Å². The minimum atomic E-state index is -0.269. The summed E-state index contributed by atoms with van der Waals surface area (Å²) in [5, 5.41) is 3.35. The second-order valence-corrected chi connectivity index (χ2v) is 4.20. The number of rotatable bonds is 4. The first kappa shape index (κ1) is 12.3. The summed E-state index contributed by atoms with van der Waals surface area (Å²) in [6.45, 7) is 2.12. The molecule has 94 valence electrons. The Morgan fingerprint density at radius 3 is 2.88 bits per heavy atom. The summed E-state index contributed by atoms with van der Waals surface area (Å²) >= 11 is 0. The van der Waals surface area contributed by atoms with Crippen molar-refractivity contribution in [2.75, 3.05) is 20.3 Å². The average Bonchev–Trinajstić information content (AvgIpc) is 2.39. The third-order valence-corrected chi connectivity index (χ3v) is 3.07. The smallest absolute Gasteiger partial charge is 0.169 e. The molecule has 2 rings (SSSR count). The topological polar surface area (TPSA) is 30.5 Å². The molecule has 1 aromatic rings. The molecule has 1 aromatic carbocycles. The summed E-state index contributed by atoms with van der Waals surface area (Å²) in [7, 11) is 1.48. The van der Waals surface area contributed by atoms with Gasteiger partial charge in [-0.05, 0) is 18.9 Å². The van der Waals surface area contributed by atoms with Crippen LogP contribution in [0.15, 0.2) is 18.2 Å². The lowest BCUT2D eigenvalue weighted by Gasteiger charge is -2.23. The first-order valence-electron chi connectivity index (χ1n) is 5.94. The number of hydrogen-bond acceptors (Lipinski definition) is 3. The van der Waals surface area contributed by atoms with E-state index in [1.54, 1.807) is 12.1 Å². The van der Waals surface area contributed by atoms with Crippen molar-refractivity contribution in [3.05, 3.63) is 29.6 Å². The first-order valence-corrected chi connectivity index (χ1v) is 5.94. The van der Waals surface area contributed by atoms with Gasteiger partial charge in [0.2, 0.25) is 0 Å². The Bertz CT molecular complexity index is 364. The molecule has 0 saturated carbocycles. The monoisotopic (exact) mass is 239 g/mol. The molecule has 0 aliphatic carbocycles. The van der Waals surface area contributed by atoms with Crippen molar-refractivity contribution in [1.29, 1.82) is 0 Å². The van der Waals surface area contributed by atoms with Gasteiger partial charge >= 0.3 is 0 Å². The standard InChI is InChI=1S/C13H18FNO2/c1-16-12-4-2-3-10(13(12)14)9-15-11-5-7-17-8-6-11/h2-4,11,15H,5-9H2,1H3. The number of methoxy groups -OCH3 is 1. The average molecular weight is 239 g/mol. The first-order chi connectivity index (χ1) is 8.31. The van der Waals surface area contributed by atoms with E-state index in [1.807, 2.05) is 6.07 Å². The van der Waals surface area contributed by atoms with E-state index in [4.69, 9.17) is 9.47 Å². The third kappa shape index (κ3) is 3.17. The summed E-state index contributed by atoms with van der Waals surface area (Å²) < 4.78 is 24.1. The Labute approximate surface area is 101 Å². The van der Waals surface area contributed by atoms with E-state index in [9.17, 15) is 4.39 Å². The Kier molecular flexibility index (Phi) is 4.34. The van der Waals surface area contributed by atoms with Crippen LogP contribution in [0.3, 0.4) is 0 Å². The molecule has 17 heavy (non-hydrogen) atoms. The third-order valence-electron chi connectivity index (χ3n) is 3.07. The zero-order chi connectivity index (χ0) is 12.1. The van der Waals surface area contributed by atoms with Gasteiger partial charge in [-0.25, -0.2) is 4.39 Å². The van der Waals surface area contributed by atoms with Crippen LogP contribution in [0.25, 0.3) is 0 Å². The zero-order valence-corrected chi connectivity index (χ0v) is 10.0. The van der Waals surface area contributed by atoms with Crippen molar-refractivity contribution in [3.8, 4) is 5.75 Å². The highest BCUT2D eigenvalue weighted by Gasteiger charge is 2.14. The highest BCUT2D eigenvalue weighted by atomic mass is 19.1. The van der Waals surface area contributed by atoms with Crippen molar-refractivity contribution in [3.63, 3.8) is 0 Å². The Hall–Kier alpha value is -1.13. The molecule has 0 atom stereocenters. The Balaban J connectivity index is 1.93. The zero-order valence-electron chi connectivity index (χ0n) is 10.0. The van der Waals surface area contributed by atoms with Crippen LogP contribution in [0.2, 0.25) is 0 Å². The molecule has 0 bridgehead atoms. The normalized spacial score (nSPS) is 17.1. The Morgan fingerprint density at radius 1 is 1.41 bits per heavy atom. The number of ether oxygens (including phenoxy) is 2. The predicted molar refractivity (Wildman–Crippen MR) is 63.6 cm³/mol. The molecule has 0 radical (unpaired) electrons. The van der Waals surface area contributed by atoms with E-state index in [0.29, 0.717) is 23.9 Å². The molecule has 4 heteroatoms. The van der Waals surface area contributed by atoms with E-state index in [0.717, 1.165) is 26.1 Å². The van der Waals surface area contributed by atoms with E-state index in [1.165, 1.54) is 7.11 Å².